The summed E-state index contributed by atoms with van der Waals surface area (Å²) in [4.78, 5) is 12.2. The minimum Gasteiger partial charge on any atom is -0.495 e. The van der Waals surface area contributed by atoms with Crippen LogP contribution in [0.4, 0.5) is 24.5 Å². The number of carbonyl (C=O) groups excluding carboxylic acids is 1. The van der Waals surface area contributed by atoms with Crippen molar-refractivity contribution in [3.8, 4) is 5.75 Å². The smallest absolute Gasteiger partial charge is 0.416 e. The first-order valence-electron chi connectivity index (χ1n) is 6.69. The molecule has 0 fully saturated rings. The van der Waals surface area contributed by atoms with E-state index in [1.54, 1.807) is 19.2 Å². The molecule has 2 aromatic carbocycles. The van der Waals surface area contributed by atoms with E-state index < -0.39 is 17.6 Å². The SMILES string of the molecule is CNc1cc(C(=O)Nc2cccc(C(F)(F)F)c2)ccc1OC. The Morgan fingerprint density at radius 1 is 1.13 bits per heavy atom. The lowest BCUT2D eigenvalue weighted by atomic mass is 10.1. The molecule has 0 aromatic heterocycles. The van der Waals surface area contributed by atoms with Crippen molar-refractivity contribution < 1.29 is 22.7 Å². The van der Waals surface area contributed by atoms with Gasteiger partial charge in [0.15, 0.2) is 0 Å². The lowest BCUT2D eigenvalue weighted by Gasteiger charge is -2.12. The molecule has 1 amide bonds. The van der Waals surface area contributed by atoms with Gasteiger partial charge in [-0.2, -0.15) is 13.2 Å². The average Bonchev–Trinajstić information content (AvgIpc) is 2.53. The summed E-state index contributed by atoms with van der Waals surface area (Å²) in [5.74, 6) is 0.0478. The van der Waals surface area contributed by atoms with Gasteiger partial charge >= 0.3 is 6.18 Å². The Labute approximate surface area is 131 Å². The van der Waals surface area contributed by atoms with Crippen LogP contribution in [-0.4, -0.2) is 20.1 Å². The molecule has 0 saturated carbocycles. The van der Waals surface area contributed by atoms with Gasteiger partial charge in [0.1, 0.15) is 5.75 Å². The minimum absolute atomic E-state index is 0.0756. The molecule has 23 heavy (non-hydrogen) atoms. The summed E-state index contributed by atoms with van der Waals surface area (Å²) in [6.07, 6.45) is -4.46. The molecule has 0 heterocycles. The zero-order valence-electron chi connectivity index (χ0n) is 12.5. The molecule has 0 saturated heterocycles. The van der Waals surface area contributed by atoms with Gasteiger partial charge < -0.3 is 15.4 Å². The third-order valence-electron chi connectivity index (χ3n) is 3.18. The lowest BCUT2D eigenvalue weighted by Crippen LogP contribution is -2.13. The quantitative estimate of drug-likeness (QED) is 0.893. The number of carbonyl (C=O) groups is 1. The van der Waals surface area contributed by atoms with E-state index in [4.69, 9.17) is 4.74 Å². The molecule has 2 N–H and O–H groups in total. The van der Waals surface area contributed by atoms with E-state index in [9.17, 15) is 18.0 Å². The van der Waals surface area contributed by atoms with E-state index in [0.29, 0.717) is 17.0 Å². The molecule has 2 rings (SSSR count). The zero-order chi connectivity index (χ0) is 17.0. The van der Waals surface area contributed by atoms with Crippen LogP contribution in [0, 0.1) is 0 Å². The van der Waals surface area contributed by atoms with Crippen molar-refractivity contribution >= 4 is 17.3 Å². The minimum atomic E-state index is -4.46. The van der Waals surface area contributed by atoms with E-state index in [1.807, 2.05) is 0 Å². The van der Waals surface area contributed by atoms with Gasteiger partial charge in [-0.1, -0.05) is 6.07 Å². The van der Waals surface area contributed by atoms with Crippen molar-refractivity contribution in [3.05, 3.63) is 53.6 Å². The topological polar surface area (TPSA) is 50.4 Å². The summed E-state index contributed by atoms with van der Waals surface area (Å²) in [6, 6.07) is 9.17. The van der Waals surface area contributed by atoms with Crippen LogP contribution in [0.5, 0.6) is 5.75 Å². The first-order chi connectivity index (χ1) is 10.8. The molecule has 122 valence electrons. The maximum atomic E-state index is 12.7. The van der Waals surface area contributed by atoms with E-state index in [1.165, 1.54) is 25.3 Å². The van der Waals surface area contributed by atoms with Crippen molar-refractivity contribution in [3.63, 3.8) is 0 Å². The molecule has 2 aromatic rings. The summed E-state index contributed by atoms with van der Waals surface area (Å²) in [5.41, 5.74) is 0.157. The molecule has 0 atom stereocenters. The van der Waals surface area contributed by atoms with Crippen LogP contribution in [0.3, 0.4) is 0 Å². The predicted molar refractivity (Wildman–Crippen MR) is 81.9 cm³/mol. The van der Waals surface area contributed by atoms with E-state index in [2.05, 4.69) is 10.6 Å². The van der Waals surface area contributed by atoms with E-state index >= 15 is 0 Å². The number of benzene rings is 2. The fraction of sp³-hybridized carbons (Fsp3) is 0.188. The number of nitrogens with one attached hydrogen (secondary N) is 2. The Morgan fingerprint density at radius 3 is 2.48 bits per heavy atom. The monoisotopic (exact) mass is 324 g/mol. The van der Waals surface area contributed by atoms with Gasteiger partial charge in [-0.05, 0) is 36.4 Å². The fourth-order valence-electron chi connectivity index (χ4n) is 2.02. The van der Waals surface area contributed by atoms with Gasteiger partial charge in [-0.15, -0.1) is 0 Å². The van der Waals surface area contributed by atoms with E-state index in [0.717, 1.165) is 12.1 Å². The first kappa shape index (κ1) is 16.7. The van der Waals surface area contributed by atoms with Crippen molar-refractivity contribution in [2.45, 2.75) is 6.18 Å². The Balaban J connectivity index is 2.22. The average molecular weight is 324 g/mol. The van der Waals surface area contributed by atoms with E-state index in [-0.39, 0.29) is 5.69 Å². The van der Waals surface area contributed by atoms with Crippen molar-refractivity contribution in [2.75, 3.05) is 24.8 Å². The van der Waals surface area contributed by atoms with Crippen LogP contribution < -0.4 is 15.4 Å². The number of rotatable bonds is 4. The maximum Gasteiger partial charge on any atom is 0.416 e. The molecule has 7 heteroatoms. The summed E-state index contributed by atoms with van der Waals surface area (Å²) < 4.78 is 43.1. The van der Waals surface area contributed by atoms with Crippen LogP contribution >= 0.6 is 0 Å². The van der Waals surface area contributed by atoms with Crippen LogP contribution in [0.2, 0.25) is 0 Å². The highest BCUT2D eigenvalue weighted by Gasteiger charge is 2.30. The number of alkyl halides is 3. The van der Waals surface area contributed by atoms with Gasteiger partial charge in [0.2, 0.25) is 0 Å². The van der Waals surface area contributed by atoms with Crippen molar-refractivity contribution in [2.24, 2.45) is 0 Å². The van der Waals surface area contributed by atoms with Crippen LogP contribution in [0.25, 0.3) is 0 Å². The summed E-state index contributed by atoms with van der Waals surface area (Å²) in [7, 11) is 3.17. The second-order valence-corrected chi connectivity index (χ2v) is 4.70. The third kappa shape index (κ3) is 3.94. The number of hydrogen-bond acceptors (Lipinski definition) is 3. The number of methoxy groups -OCH3 is 1. The van der Waals surface area contributed by atoms with Gasteiger partial charge in [0.05, 0.1) is 18.4 Å². The fourth-order valence-corrected chi connectivity index (χ4v) is 2.02. The number of halogens is 3. The van der Waals surface area contributed by atoms with Crippen LogP contribution in [0.15, 0.2) is 42.5 Å². The summed E-state index contributed by atoms with van der Waals surface area (Å²) in [6.45, 7) is 0. The normalized spacial score (nSPS) is 11.0. The zero-order valence-corrected chi connectivity index (χ0v) is 12.5. The third-order valence-corrected chi connectivity index (χ3v) is 3.18. The molecule has 0 aliphatic rings. The molecule has 0 unspecified atom stereocenters. The Morgan fingerprint density at radius 2 is 1.87 bits per heavy atom. The van der Waals surface area contributed by atoms with Crippen molar-refractivity contribution in [1.82, 2.24) is 0 Å². The molecular weight excluding hydrogens is 309 g/mol. The lowest BCUT2D eigenvalue weighted by molar-refractivity contribution is -0.137. The number of amides is 1. The molecule has 4 nitrogen and oxygen atoms in total. The van der Waals surface area contributed by atoms with Crippen LogP contribution in [0.1, 0.15) is 15.9 Å². The van der Waals surface area contributed by atoms with Crippen molar-refractivity contribution in [1.29, 1.82) is 0 Å². The molecule has 0 bridgehead atoms. The number of anilines is 2. The number of ether oxygens (including phenoxy) is 1. The maximum absolute atomic E-state index is 12.7. The highest BCUT2D eigenvalue weighted by molar-refractivity contribution is 6.05. The highest BCUT2D eigenvalue weighted by Crippen LogP contribution is 2.31. The Kier molecular flexibility index (Phi) is 4.78. The van der Waals surface area contributed by atoms with Gasteiger partial charge in [-0.25, -0.2) is 0 Å². The molecular formula is C16H15F3N2O2. The Bertz CT molecular complexity index is 715. The summed E-state index contributed by atoms with van der Waals surface area (Å²) in [5, 5.41) is 5.33. The summed E-state index contributed by atoms with van der Waals surface area (Å²) >= 11 is 0. The van der Waals surface area contributed by atoms with Gasteiger partial charge in [-0.3, -0.25) is 4.79 Å². The second kappa shape index (κ2) is 6.60. The first-order valence-corrected chi connectivity index (χ1v) is 6.69. The second-order valence-electron chi connectivity index (χ2n) is 4.70. The molecule has 0 aliphatic carbocycles. The standard InChI is InChI=1S/C16H15F3N2O2/c1-20-13-8-10(6-7-14(13)23-2)15(22)21-12-5-3-4-11(9-12)16(17,18)19/h3-9,20H,1-2H3,(H,21,22). The molecule has 0 spiro atoms. The van der Waals surface area contributed by atoms with Gasteiger partial charge in [0.25, 0.3) is 5.91 Å². The Hall–Kier alpha value is -2.70. The molecule has 0 radical (unpaired) electrons. The largest absolute Gasteiger partial charge is 0.495 e. The van der Waals surface area contributed by atoms with Gasteiger partial charge in [0, 0.05) is 18.3 Å². The van der Waals surface area contributed by atoms with Crippen LogP contribution in [-0.2, 0) is 6.18 Å². The number of hydrogen-bond donors (Lipinski definition) is 2. The molecule has 0 aliphatic heterocycles. The highest BCUT2D eigenvalue weighted by atomic mass is 19.4. The predicted octanol–water partition coefficient (Wildman–Crippen LogP) is 4.01.